The number of hydrogen-bond donors (Lipinski definition) is 1. The predicted molar refractivity (Wildman–Crippen MR) is 71.2 cm³/mol. The third kappa shape index (κ3) is 5.83. The molecule has 0 spiro atoms. The highest BCUT2D eigenvalue weighted by atomic mass is 16.6. The van der Waals surface area contributed by atoms with Crippen LogP contribution in [0.3, 0.4) is 0 Å². The van der Waals surface area contributed by atoms with Crippen molar-refractivity contribution in [2.75, 3.05) is 19.8 Å². The molecule has 0 heterocycles. The number of hydrogen-bond acceptors (Lipinski definition) is 4. The minimum atomic E-state index is -0.136. The quantitative estimate of drug-likeness (QED) is 0.432. The average Bonchev–Trinajstić information content (AvgIpc) is 2.58. The first-order valence-electron chi connectivity index (χ1n) is 7.25. The zero-order valence-corrected chi connectivity index (χ0v) is 11.5. The van der Waals surface area contributed by atoms with Crippen molar-refractivity contribution in [3.05, 3.63) is 0 Å². The van der Waals surface area contributed by atoms with E-state index in [9.17, 15) is 4.79 Å². The summed E-state index contributed by atoms with van der Waals surface area (Å²) in [5.74, 6) is -0.244. The molecule has 1 rings (SSSR count). The maximum absolute atomic E-state index is 11.9. The molecule has 0 bridgehead atoms. The van der Waals surface area contributed by atoms with Crippen LogP contribution in [0.5, 0.6) is 0 Å². The van der Waals surface area contributed by atoms with E-state index in [1.165, 1.54) is 6.42 Å². The number of unbranched alkanes of at least 4 members (excludes halogenated alkanes) is 1. The van der Waals surface area contributed by atoms with Crippen molar-refractivity contribution in [3.63, 3.8) is 0 Å². The lowest BCUT2D eigenvalue weighted by Gasteiger charge is -2.19. The molecule has 2 N–H and O–H groups in total. The summed E-state index contributed by atoms with van der Waals surface area (Å²) in [4.78, 5) is 11.9. The zero-order valence-electron chi connectivity index (χ0n) is 11.5. The molecular formula is C14H27NO3. The molecule has 0 aromatic rings. The van der Waals surface area contributed by atoms with E-state index in [4.69, 9.17) is 15.2 Å². The lowest BCUT2D eigenvalue weighted by molar-refractivity contribution is -0.151. The summed E-state index contributed by atoms with van der Waals surface area (Å²) in [6.45, 7) is 3.72. The molecule has 0 aliphatic heterocycles. The first-order chi connectivity index (χ1) is 8.75. The summed E-state index contributed by atoms with van der Waals surface area (Å²) in [7, 11) is 0. The lowest BCUT2D eigenvalue weighted by atomic mass is 9.96. The van der Waals surface area contributed by atoms with Gasteiger partial charge in [0, 0.05) is 12.6 Å². The number of carbonyl (C=O) groups excluding carboxylic acids is 1. The van der Waals surface area contributed by atoms with Crippen molar-refractivity contribution in [2.45, 2.75) is 57.9 Å². The van der Waals surface area contributed by atoms with Gasteiger partial charge in [-0.05, 0) is 19.3 Å². The molecule has 2 unspecified atom stereocenters. The Labute approximate surface area is 110 Å². The number of rotatable bonds is 7. The molecule has 0 amide bonds. The van der Waals surface area contributed by atoms with E-state index in [-0.39, 0.29) is 17.9 Å². The Morgan fingerprint density at radius 2 is 1.94 bits per heavy atom. The van der Waals surface area contributed by atoms with Crippen LogP contribution in [-0.2, 0) is 14.3 Å². The third-order valence-corrected chi connectivity index (χ3v) is 3.49. The van der Waals surface area contributed by atoms with Crippen LogP contribution in [0.1, 0.15) is 51.9 Å². The van der Waals surface area contributed by atoms with Crippen molar-refractivity contribution in [3.8, 4) is 0 Å². The van der Waals surface area contributed by atoms with E-state index >= 15 is 0 Å². The highest BCUT2D eigenvalue weighted by Crippen LogP contribution is 2.23. The summed E-state index contributed by atoms with van der Waals surface area (Å²) in [6, 6.07) is -0.0268. The van der Waals surface area contributed by atoms with Crippen LogP contribution in [0.25, 0.3) is 0 Å². The summed E-state index contributed by atoms with van der Waals surface area (Å²) < 4.78 is 10.6. The summed E-state index contributed by atoms with van der Waals surface area (Å²) in [5.41, 5.74) is 6.02. The number of ether oxygens (including phenoxy) is 2. The van der Waals surface area contributed by atoms with Gasteiger partial charge < -0.3 is 15.2 Å². The predicted octanol–water partition coefficient (Wildman–Crippen LogP) is 2.25. The zero-order chi connectivity index (χ0) is 13.2. The SMILES string of the molecule is CCCCOCCOC(=O)C1CCCCCC1N. The molecule has 4 nitrogen and oxygen atoms in total. The van der Waals surface area contributed by atoms with Gasteiger partial charge in [0.1, 0.15) is 6.61 Å². The molecule has 18 heavy (non-hydrogen) atoms. The molecule has 0 aromatic heterocycles. The van der Waals surface area contributed by atoms with Crippen LogP contribution in [0.15, 0.2) is 0 Å². The molecule has 1 saturated carbocycles. The second-order valence-corrected chi connectivity index (χ2v) is 5.04. The highest BCUT2D eigenvalue weighted by molar-refractivity contribution is 5.73. The fourth-order valence-corrected chi connectivity index (χ4v) is 2.29. The third-order valence-electron chi connectivity index (χ3n) is 3.49. The van der Waals surface area contributed by atoms with Crippen LogP contribution >= 0.6 is 0 Å². The van der Waals surface area contributed by atoms with Gasteiger partial charge in [0.25, 0.3) is 0 Å². The van der Waals surface area contributed by atoms with Gasteiger partial charge in [-0.25, -0.2) is 0 Å². The van der Waals surface area contributed by atoms with Gasteiger partial charge in [0.2, 0.25) is 0 Å². The molecule has 0 aromatic carbocycles. The Morgan fingerprint density at radius 1 is 1.17 bits per heavy atom. The Hall–Kier alpha value is -0.610. The van der Waals surface area contributed by atoms with E-state index in [1.807, 2.05) is 0 Å². The standard InChI is InChI=1S/C14H27NO3/c1-2-3-9-17-10-11-18-14(16)12-7-5-4-6-8-13(12)15/h12-13H,2-11,15H2,1H3. The number of carbonyl (C=O) groups is 1. The smallest absolute Gasteiger partial charge is 0.310 e. The summed E-state index contributed by atoms with van der Waals surface area (Å²) >= 11 is 0. The van der Waals surface area contributed by atoms with E-state index in [2.05, 4.69) is 6.92 Å². The van der Waals surface area contributed by atoms with Crippen molar-refractivity contribution in [1.29, 1.82) is 0 Å². The van der Waals surface area contributed by atoms with Crippen LogP contribution in [0.4, 0.5) is 0 Å². The number of nitrogens with two attached hydrogens (primary N) is 1. The Bertz CT molecular complexity index is 233. The largest absolute Gasteiger partial charge is 0.463 e. The topological polar surface area (TPSA) is 61.5 Å². The first-order valence-corrected chi connectivity index (χ1v) is 7.25. The average molecular weight is 257 g/mol. The van der Waals surface area contributed by atoms with Crippen molar-refractivity contribution in [1.82, 2.24) is 0 Å². The van der Waals surface area contributed by atoms with Gasteiger partial charge in [-0.15, -0.1) is 0 Å². The van der Waals surface area contributed by atoms with Gasteiger partial charge in [-0.2, -0.15) is 0 Å². The van der Waals surface area contributed by atoms with Crippen molar-refractivity contribution < 1.29 is 14.3 Å². The highest BCUT2D eigenvalue weighted by Gasteiger charge is 2.28. The maximum Gasteiger partial charge on any atom is 0.310 e. The van der Waals surface area contributed by atoms with Gasteiger partial charge in [-0.1, -0.05) is 32.6 Å². The molecule has 1 aliphatic rings. The molecular weight excluding hydrogens is 230 g/mol. The second kappa shape index (κ2) is 9.34. The van der Waals surface area contributed by atoms with Crippen LogP contribution in [0.2, 0.25) is 0 Å². The van der Waals surface area contributed by atoms with Crippen LogP contribution < -0.4 is 5.73 Å². The Morgan fingerprint density at radius 3 is 2.72 bits per heavy atom. The van der Waals surface area contributed by atoms with E-state index in [0.29, 0.717) is 13.2 Å². The van der Waals surface area contributed by atoms with Crippen LogP contribution in [0, 0.1) is 5.92 Å². The maximum atomic E-state index is 11.9. The second-order valence-electron chi connectivity index (χ2n) is 5.04. The summed E-state index contributed by atoms with van der Waals surface area (Å²) in [6.07, 6.45) is 7.38. The minimum absolute atomic E-state index is 0.0268. The fourth-order valence-electron chi connectivity index (χ4n) is 2.29. The van der Waals surface area contributed by atoms with Gasteiger partial charge in [0.15, 0.2) is 0 Å². The van der Waals surface area contributed by atoms with Crippen molar-refractivity contribution >= 4 is 5.97 Å². The van der Waals surface area contributed by atoms with Crippen LogP contribution in [-0.4, -0.2) is 31.8 Å². The minimum Gasteiger partial charge on any atom is -0.463 e. The molecule has 2 atom stereocenters. The normalized spacial score (nSPS) is 24.6. The molecule has 0 radical (unpaired) electrons. The van der Waals surface area contributed by atoms with Gasteiger partial charge in [0.05, 0.1) is 12.5 Å². The van der Waals surface area contributed by atoms with E-state index in [1.54, 1.807) is 0 Å². The van der Waals surface area contributed by atoms with Crippen molar-refractivity contribution in [2.24, 2.45) is 11.7 Å². The van der Waals surface area contributed by atoms with E-state index < -0.39 is 0 Å². The fraction of sp³-hybridized carbons (Fsp3) is 0.929. The lowest BCUT2D eigenvalue weighted by Crippen LogP contribution is -2.36. The molecule has 1 aliphatic carbocycles. The number of esters is 1. The molecule has 1 fully saturated rings. The Balaban J connectivity index is 2.14. The van der Waals surface area contributed by atoms with Gasteiger partial charge in [-0.3, -0.25) is 4.79 Å². The Kier molecular flexibility index (Phi) is 8.01. The summed E-state index contributed by atoms with van der Waals surface area (Å²) in [5, 5.41) is 0. The first kappa shape index (κ1) is 15.4. The molecule has 0 saturated heterocycles. The molecule has 106 valence electrons. The molecule has 4 heteroatoms. The monoisotopic (exact) mass is 257 g/mol. The van der Waals surface area contributed by atoms with Gasteiger partial charge >= 0.3 is 5.97 Å². The van der Waals surface area contributed by atoms with E-state index in [0.717, 1.165) is 45.1 Å².